The predicted molar refractivity (Wildman–Crippen MR) is 78.2 cm³/mol. The van der Waals surface area contributed by atoms with Gasteiger partial charge in [0.2, 0.25) is 0 Å². The summed E-state index contributed by atoms with van der Waals surface area (Å²) in [7, 11) is 0. The van der Waals surface area contributed by atoms with E-state index in [0.29, 0.717) is 5.41 Å². The van der Waals surface area contributed by atoms with Crippen LogP contribution in [0, 0.1) is 5.41 Å². The van der Waals surface area contributed by atoms with E-state index in [1.807, 2.05) is 6.07 Å². The summed E-state index contributed by atoms with van der Waals surface area (Å²) in [5.41, 5.74) is 0.495. The summed E-state index contributed by atoms with van der Waals surface area (Å²) in [6.07, 6.45) is 3.63. The van der Waals surface area contributed by atoms with Crippen LogP contribution in [-0.2, 0) is 0 Å². The van der Waals surface area contributed by atoms with E-state index in [-0.39, 0.29) is 0 Å². The van der Waals surface area contributed by atoms with Crippen LogP contribution in [0.4, 0.5) is 11.6 Å². The van der Waals surface area contributed by atoms with Crippen molar-refractivity contribution in [3.63, 3.8) is 0 Å². The lowest BCUT2D eigenvalue weighted by molar-refractivity contribution is 0.279. The van der Waals surface area contributed by atoms with Crippen molar-refractivity contribution >= 4 is 11.6 Å². The van der Waals surface area contributed by atoms with Gasteiger partial charge in [-0.1, -0.05) is 26.8 Å². The van der Waals surface area contributed by atoms with Crippen molar-refractivity contribution in [3.8, 4) is 0 Å². The molecule has 1 aliphatic heterocycles. The smallest absolute Gasteiger partial charge is 0.130 e. The summed E-state index contributed by atoms with van der Waals surface area (Å²) >= 11 is 0. The second kappa shape index (κ2) is 5.59. The van der Waals surface area contributed by atoms with Crippen LogP contribution >= 0.6 is 0 Å². The number of hydrogen-bond acceptors (Lipinski definition) is 3. The van der Waals surface area contributed by atoms with Crippen molar-refractivity contribution in [1.29, 1.82) is 0 Å². The molecule has 1 saturated heterocycles. The highest BCUT2D eigenvalue weighted by atomic mass is 15.2. The fourth-order valence-corrected chi connectivity index (χ4v) is 2.29. The predicted octanol–water partition coefficient (Wildman–Crippen LogP) is 3.53. The van der Waals surface area contributed by atoms with Gasteiger partial charge in [0, 0.05) is 19.6 Å². The Bertz CT molecular complexity index is 377. The van der Waals surface area contributed by atoms with Crippen LogP contribution in [0.2, 0.25) is 0 Å². The molecule has 1 fully saturated rings. The van der Waals surface area contributed by atoms with Crippen LogP contribution < -0.4 is 10.2 Å². The topological polar surface area (TPSA) is 28.2 Å². The van der Waals surface area contributed by atoms with Crippen LogP contribution in [0.5, 0.6) is 0 Å². The lowest BCUT2D eigenvalue weighted by atomic mass is 9.83. The number of nitrogens with one attached hydrogen (secondary N) is 1. The van der Waals surface area contributed by atoms with E-state index in [0.717, 1.165) is 37.7 Å². The molecule has 0 atom stereocenters. The van der Waals surface area contributed by atoms with E-state index in [2.05, 4.69) is 43.1 Å². The molecule has 0 unspecified atom stereocenters. The highest BCUT2D eigenvalue weighted by Crippen LogP contribution is 2.31. The zero-order valence-corrected chi connectivity index (χ0v) is 11.9. The maximum absolute atomic E-state index is 4.70. The van der Waals surface area contributed by atoms with Gasteiger partial charge in [-0.2, -0.15) is 0 Å². The Morgan fingerprint density at radius 3 is 2.67 bits per heavy atom. The fourth-order valence-electron chi connectivity index (χ4n) is 2.29. The molecule has 0 amide bonds. The molecule has 1 aromatic rings. The van der Waals surface area contributed by atoms with Crippen molar-refractivity contribution in [2.24, 2.45) is 5.41 Å². The standard InChI is InChI=1S/C15H25N3/c1-4-10-16-13-6-5-7-14(17-13)18-11-8-15(2,3)9-12-18/h5-7H,4,8-12H2,1-3H3,(H,16,17). The molecule has 1 N–H and O–H groups in total. The number of anilines is 2. The highest BCUT2D eigenvalue weighted by Gasteiger charge is 2.25. The van der Waals surface area contributed by atoms with E-state index in [4.69, 9.17) is 4.98 Å². The minimum atomic E-state index is 0.495. The van der Waals surface area contributed by atoms with Crippen molar-refractivity contribution in [2.75, 3.05) is 29.9 Å². The molecule has 1 aromatic heterocycles. The van der Waals surface area contributed by atoms with Crippen LogP contribution in [0.25, 0.3) is 0 Å². The van der Waals surface area contributed by atoms with E-state index >= 15 is 0 Å². The molecular weight excluding hydrogens is 222 g/mol. The number of aromatic nitrogens is 1. The average molecular weight is 247 g/mol. The molecule has 1 aliphatic rings. The van der Waals surface area contributed by atoms with Crippen LogP contribution in [0.15, 0.2) is 18.2 Å². The third kappa shape index (κ3) is 3.37. The fraction of sp³-hybridized carbons (Fsp3) is 0.667. The molecule has 100 valence electrons. The molecule has 0 spiro atoms. The van der Waals surface area contributed by atoms with Gasteiger partial charge >= 0.3 is 0 Å². The van der Waals surface area contributed by atoms with Gasteiger partial charge in [-0.15, -0.1) is 0 Å². The van der Waals surface area contributed by atoms with Gasteiger partial charge in [-0.05, 0) is 36.8 Å². The Morgan fingerprint density at radius 1 is 1.28 bits per heavy atom. The van der Waals surface area contributed by atoms with Gasteiger partial charge in [-0.3, -0.25) is 0 Å². The minimum Gasteiger partial charge on any atom is -0.370 e. The summed E-state index contributed by atoms with van der Waals surface area (Å²) in [6.45, 7) is 10.1. The largest absolute Gasteiger partial charge is 0.370 e. The summed E-state index contributed by atoms with van der Waals surface area (Å²) in [5.74, 6) is 2.12. The Morgan fingerprint density at radius 2 is 2.00 bits per heavy atom. The maximum Gasteiger partial charge on any atom is 0.130 e. The minimum absolute atomic E-state index is 0.495. The Labute approximate surface area is 111 Å². The zero-order valence-electron chi connectivity index (χ0n) is 11.9. The molecule has 18 heavy (non-hydrogen) atoms. The van der Waals surface area contributed by atoms with Crippen LogP contribution in [-0.4, -0.2) is 24.6 Å². The Hall–Kier alpha value is -1.25. The number of rotatable bonds is 4. The van der Waals surface area contributed by atoms with Crippen LogP contribution in [0.3, 0.4) is 0 Å². The monoisotopic (exact) mass is 247 g/mol. The Balaban J connectivity index is 2.00. The van der Waals surface area contributed by atoms with E-state index in [1.54, 1.807) is 0 Å². The number of nitrogens with zero attached hydrogens (tertiary/aromatic N) is 2. The van der Waals surface area contributed by atoms with Crippen molar-refractivity contribution in [3.05, 3.63) is 18.2 Å². The molecule has 2 rings (SSSR count). The van der Waals surface area contributed by atoms with E-state index < -0.39 is 0 Å². The number of pyridine rings is 1. The first-order chi connectivity index (χ1) is 8.61. The quantitative estimate of drug-likeness (QED) is 0.882. The average Bonchev–Trinajstić information content (AvgIpc) is 2.37. The van der Waals surface area contributed by atoms with Crippen molar-refractivity contribution in [2.45, 2.75) is 40.0 Å². The van der Waals surface area contributed by atoms with Crippen LogP contribution in [0.1, 0.15) is 40.0 Å². The van der Waals surface area contributed by atoms with Gasteiger partial charge in [0.15, 0.2) is 0 Å². The van der Waals surface area contributed by atoms with E-state index in [1.165, 1.54) is 12.8 Å². The van der Waals surface area contributed by atoms with Crippen molar-refractivity contribution < 1.29 is 0 Å². The van der Waals surface area contributed by atoms with Gasteiger partial charge in [0.1, 0.15) is 11.6 Å². The first-order valence-corrected chi connectivity index (χ1v) is 7.07. The SMILES string of the molecule is CCCNc1cccc(N2CCC(C)(C)CC2)n1. The summed E-state index contributed by atoms with van der Waals surface area (Å²) in [5, 5.41) is 3.35. The first kappa shape index (κ1) is 13.2. The molecule has 0 aliphatic carbocycles. The lowest BCUT2D eigenvalue weighted by Crippen LogP contribution is -2.37. The second-order valence-corrected chi connectivity index (χ2v) is 5.96. The highest BCUT2D eigenvalue weighted by molar-refractivity contribution is 5.47. The Kier molecular flexibility index (Phi) is 4.10. The van der Waals surface area contributed by atoms with E-state index in [9.17, 15) is 0 Å². The van der Waals surface area contributed by atoms with Gasteiger partial charge in [0.05, 0.1) is 0 Å². The third-order valence-electron chi connectivity index (χ3n) is 3.73. The molecule has 2 heterocycles. The molecule has 0 aromatic carbocycles. The third-order valence-corrected chi connectivity index (χ3v) is 3.73. The molecule has 3 nitrogen and oxygen atoms in total. The number of piperidine rings is 1. The molecular formula is C15H25N3. The van der Waals surface area contributed by atoms with Gasteiger partial charge < -0.3 is 10.2 Å². The van der Waals surface area contributed by atoms with Gasteiger partial charge in [-0.25, -0.2) is 4.98 Å². The summed E-state index contributed by atoms with van der Waals surface area (Å²) in [4.78, 5) is 7.10. The summed E-state index contributed by atoms with van der Waals surface area (Å²) < 4.78 is 0. The lowest BCUT2D eigenvalue weighted by Gasteiger charge is -2.37. The van der Waals surface area contributed by atoms with Gasteiger partial charge in [0.25, 0.3) is 0 Å². The maximum atomic E-state index is 4.70. The first-order valence-electron chi connectivity index (χ1n) is 7.07. The molecule has 3 heteroatoms. The normalized spacial score (nSPS) is 18.7. The zero-order chi connectivity index (χ0) is 13.0. The molecule has 0 saturated carbocycles. The van der Waals surface area contributed by atoms with Crippen molar-refractivity contribution in [1.82, 2.24) is 4.98 Å². The second-order valence-electron chi connectivity index (χ2n) is 5.96. The summed E-state index contributed by atoms with van der Waals surface area (Å²) in [6, 6.07) is 6.27. The number of hydrogen-bond donors (Lipinski definition) is 1. The molecule has 0 radical (unpaired) electrons. The molecule has 0 bridgehead atoms.